The summed E-state index contributed by atoms with van der Waals surface area (Å²) < 4.78 is 58.4. The van der Waals surface area contributed by atoms with Gasteiger partial charge in [-0.15, -0.1) is 0 Å². The van der Waals surface area contributed by atoms with E-state index in [1.807, 2.05) is 0 Å². The van der Waals surface area contributed by atoms with Crippen LogP contribution in [0.15, 0.2) is 12.1 Å². The molecule has 2 aliphatic rings. The van der Waals surface area contributed by atoms with Gasteiger partial charge in [-0.25, -0.2) is 14.2 Å². The Balaban J connectivity index is 1.72. The molecule has 1 saturated heterocycles. The molecule has 3 rings (SSSR count). The Morgan fingerprint density at radius 1 is 1.35 bits per heavy atom. The minimum atomic E-state index is -4.29. The van der Waals surface area contributed by atoms with Crippen LogP contribution in [0.2, 0.25) is 0 Å². The van der Waals surface area contributed by atoms with Gasteiger partial charge in [0.2, 0.25) is 11.8 Å². The van der Waals surface area contributed by atoms with E-state index in [0.29, 0.717) is 18.4 Å². The Morgan fingerprint density at radius 3 is 2.68 bits per heavy atom. The molecule has 1 aromatic heterocycles. The highest BCUT2D eigenvalue weighted by Crippen LogP contribution is 2.40. The summed E-state index contributed by atoms with van der Waals surface area (Å²) in [6, 6.07) is 0.316. The lowest BCUT2D eigenvalue weighted by atomic mass is 9.87. The first kappa shape index (κ1) is 22.8. The molecule has 0 spiro atoms. The van der Waals surface area contributed by atoms with Crippen LogP contribution >= 0.6 is 0 Å². The molecule has 2 unspecified atom stereocenters. The average Bonchev–Trinajstić information content (AvgIpc) is 3.22. The molecule has 0 radical (unpaired) electrons. The maximum atomic E-state index is 14.7. The van der Waals surface area contributed by atoms with E-state index in [1.165, 1.54) is 13.2 Å². The summed E-state index contributed by atoms with van der Waals surface area (Å²) in [6.45, 7) is 0.136. The van der Waals surface area contributed by atoms with E-state index in [1.54, 1.807) is 0 Å². The molecule has 0 aromatic carbocycles. The molecule has 11 heteroatoms. The number of allylic oxidation sites excluding steroid dienone is 2. The number of nitrogens with zero attached hydrogens (tertiary/aromatic N) is 2. The Morgan fingerprint density at radius 2 is 2.10 bits per heavy atom. The number of carbonyl (C=O) groups excluding carboxylic acids is 1. The predicted octanol–water partition coefficient (Wildman–Crippen LogP) is 3.73. The second-order valence-electron chi connectivity index (χ2n) is 7.58. The molecule has 31 heavy (non-hydrogen) atoms. The van der Waals surface area contributed by atoms with Gasteiger partial charge in [0.25, 0.3) is 0 Å². The summed E-state index contributed by atoms with van der Waals surface area (Å²) >= 11 is 0. The highest BCUT2D eigenvalue weighted by atomic mass is 19.4. The van der Waals surface area contributed by atoms with Crippen LogP contribution in [0.3, 0.4) is 0 Å². The van der Waals surface area contributed by atoms with Crippen LogP contribution in [0.4, 0.5) is 22.4 Å². The third-order valence-corrected chi connectivity index (χ3v) is 5.64. The molecule has 7 nitrogen and oxygen atoms in total. The lowest BCUT2D eigenvalue weighted by molar-refractivity contribution is -0.175. The number of halogens is 4. The molecule has 1 aliphatic heterocycles. The molecule has 1 aliphatic carbocycles. The number of likely N-dealkylation sites (tertiary alicyclic amines) is 1. The first-order valence-electron chi connectivity index (χ1n) is 9.88. The lowest BCUT2D eigenvalue weighted by Gasteiger charge is -2.24. The minimum absolute atomic E-state index is 0.0389. The molecule has 1 aromatic rings. The van der Waals surface area contributed by atoms with E-state index in [2.05, 4.69) is 10.3 Å². The number of nitrogens with one attached hydrogen (secondary N) is 1. The predicted molar refractivity (Wildman–Crippen MR) is 102 cm³/mol. The first-order chi connectivity index (χ1) is 14.6. The van der Waals surface area contributed by atoms with Crippen molar-refractivity contribution in [2.24, 2.45) is 5.92 Å². The van der Waals surface area contributed by atoms with Gasteiger partial charge in [-0.3, -0.25) is 9.69 Å². The van der Waals surface area contributed by atoms with Crippen LogP contribution < -0.4 is 10.1 Å². The van der Waals surface area contributed by atoms with Crippen LogP contribution in [-0.2, 0) is 11.3 Å². The highest BCUT2D eigenvalue weighted by molar-refractivity contribution is 5.85. The number of alkyl halides is 3. The SMILES string of the molecule is COc1nc(C2=CCC(C(F)(F)F)CC2)c(F)cc1CNC(=O)C1CCCN1C(=O)O. The van der Waals surface area contributed by atoms with Gasteiger partial charge in [0.15, 0.2) is 0 Å². The highest BCUT2D eigenvalue weighted by Gasteiger charge is 2.40. The van der Waals surface area contributed by atoms with E-state index >= 15 is 0 Å². The third-order valence-electron chi connectivity index (χ3n) is 5.64. The Kier molecular flexibility index (Phi) is 6.71. The fourth-order valence-corrected chi connectivity index (χ4v) is 3.95. The van der Waals surface area contributed by atoms with Crippen molar-refractivity contribution < 1.29 is 37.0 Å². The van der Waals surface area contributed by atoms with Crippen LogP contribution in [0.25, 0.3) is 5.57 Å². The maximum Gasteiger partial charge on any atom is 0.407 e. The van der Waals surface area contributed by atoms with E-state index in [9.17, 15) is 27.2 Å². The number of pyridine rings is 1. The van der Waals surface area contributed by atoms with Crippen LogP contribution in [0.1, 0.15) is 43.4 Å². The molecule has 2 atom stereocenters. The number of hydrogen-bond donors (Lipinski definition) is 2. The zero-order chi connectivity index (χ0) is 22.8. The van der Waals surface area contributed by atoms with Crippen molar-refractivity contribution in [3.8, 4) is 5.88 Å². The second-order valence-corrected chi connectivity index (χ2v) is 7.58. The summed E-state index contributed by atoms with van der Waals surface area (Å²) in [7, 11) is 1.31. The van der Waals surface area contributed by atoms with Crippen molar-refractivity contribution in [2.45, 2.75) is 50.9 Å². The molecule has 1 fully saturated rings. The van der Waals surface area contributed by atoms with Gasteiger partial charge in [-0.2, -0.15) is 13.2 Å². The van der Waals surface area contributed by atoms with Crippen molar-refractivity contribution in [3.05, 3.63) is 29.2 Å². The molecule has 170 valence electrons. The monoisotopic (exact) mass is 445 g/mol. The van der Waals surface area contributed by atoms with Gasteiger partial charge in [0, 0.05) is 18.7 Å². The van der Waals surface area contributed by atoms with Gasteiger partial charge >= 0.3 is 12.3 Å². The van der Waals surface area contributed by atoms with Crippen LogP contribution in [-0.4, -0.2) is 52.9 Å². The van der Waals surface area contributed by atoms with Crippen molar-refractivity contribution in [2.75, 3.05) is 13.7 Å². The first-order valence-corrected chi connectivity index (χ1v) is 9.88. The molecular weight excluding hydrogens is 422 g/mol. The number of ether oxygens (including phenoxy) is 1. The van der Waals surface area contributed by atoms with E-state index in [4.69, 9.17) is 9.84 Å². The minimum Gasteiger partial charge on any atom is -0.481 e. The zero-order valence-electron chi connectivity index (χ0n) is 16.8. The second kappa shape index (κ2) is 9.11. The largest absolute Gasteiger partial charge is 0.481 e. The number of methoxy groups -OCH3 is 1. The van der Waals surface area contributed by atoms with Gasteiger partial charge in [-0.1, -0.05) is 6.08 Å². The molecule has 2 N–H and O–H groups in total. The zero-order valence-corrected chi connectivity index (χ0v) is 16.8. The molecule has 2 heterocycles. The number of amides is 2. The summed E-state index contributed by atoms with van der Waals surface area (Å²) in [4.78, 5) is 28.7. The molecule has 0 bridgehead atoms. The third kappa shape index (κ3) is 5.08. The van der Waals surface area contributed by atoms with Crippen LogP contribution in [0.5, 0.6) is 5.88 Å². The summed E-state index contributed by atoms with van der Waals surface area (Å²) in [5.74, 6) is -2.64. The fraction of sp³-hybridized carbons (Fsp3) is 0.550. The van der Waals surface area contributed by atoms with Crippen molar-refractivity contribution in [3.63, 3.8) is 0 Å². The summed E-state index contributed by atoms with van der Waals surface area (Å²) in [5.41, 5.74) is 0.553. The number of aromatic nitrogens is 1. The Hall–Kier alpha value is -2.85. The van der Waals surface area contributed by atoms with Gasteiger partial charge in [0.1, 0.15) is 17.6 Å². The molecular formula is C20H23F4N3O4. The number of carboxylic acid groups (broad SMARTS) is 1. The Bertz CT molecular complexity index is 888. The van der Waals surface area contributed by atoms with E-state index in [-0.39, 0.29) is 49.5 Å². The summed E-state index contributed by atoms with van der Waals surface area (Å²) in [6.07, 6.45) is -3.48. The number of hydrogen-bond acceptors (Lipinski definition) is 4. The van der Waals surface area contributed by atoms with Crippen molar-refractivity contribution >= 4 is 17.6 Å². The number of rotatable bonds is 5. The van der Waals surface area contributed by atoms with Crippen molar-refractivity contribution in [1.82, 2.24) is 15.2 Å². The summed E-state index contributed by atoms with van der Waals surface area (Å²) in [5, 5.41) is 11.7. The van der Waals surface area contributed by atoms with E-state index in [0.717, 1.165) is 11.0 Å². The molecule has 0 saturated carbocycles. The lowest BCUT2D eigenvalue weighted by Crippen LogP contribution is -2.45. The Labute approximate surface area is 176 Å². The smallest absolute Gasteiger partial charge is 0.407 e. The normalized spacial score (nSPS) is 21.6. The average molecular weight is 445 g/mol. The standard InChI is InChI=1S/C20H23F4N3O4/c1-31-18-12(10-25-17(28)15-3-2-8-27(15)19(29)30)9-14(21)16(26-18)11-4-6-13(7-5-11)20(22,23)24/h4,9,13,15H,2-3,5-8,10H2,1H3,(H,25,28)(H,29,30). The van der Waals surface area contributed by atoms with Gasteiger partial charge in [-0.05, 0) is 43.7 Å². The number of carbonyl (C=O) groups is 2. The molecule has 2 amide bonds. The fourth-order valence-electron chi connectivity index (χ4n) is 3.95. The van der Waals surface area contributed by atoms with Gasteiger partial charge in [0.05, 0.1) is 13.0 Å². The van der Waals surface area contributed by atoms with E-state index < -0.39 is 36.0 Å². The topological polar surface area (TPSA) is 91.8 Å². The maximum absolute atomic E-state index is 14.7. The van der Waals surface area contributed by atoms with Crippen LogP contribution in [0, 0.1) is 11.7 Å². The van der Waals surface area contributed by atoms with Gasteiger partial charge < -0.3 is 15.2 Å². The van der Waals surface area contributed by atoms with Crippen molar-refractivity contribution in [1.29, 1.82) is 0 Å². The quantitative estimate of drug-likeness (QED) is 0.674.